The zero-order valence-electron chi connectivity index (χ0n) is 12.5. The first-order valence-corrected chi connectivity index (χ1v) is 7.41. The molecule has 3 rings (SSSR count). The smallest absolute Gasteiger partial charge is 0.0925 e. The van der Waals surface area contributed by atoms with Crippen molar-refractivity contribution in [1.82, 2.24) is 14.9 Å². The van der Waals surface area contributed by atoms with Crippen molar-refractivity contribution in [3.63, 3.8) is 0 Å². The van der Waals surface area contributed by atoms with Gasteiger partial charge in [0.2, 0.25) is 0 Å². The Balaban J connectivity index is 1.77. The van der Waals surface area contributed by atoms with Crippen LogP contribution in [0.3, 0.4) is 0 Å². The lowest BCUT2D eigenvalue weighted by Gasteiger charge is -2.26. The lowest BCUT2D eigenvalue weighted by molar-refractivity contribution is -0.0484. The van der Waals surface area contributed by atoms with Crippen molar-refractivity contribution in [1.29, 1.82) is 0 Å². The highest BCUT2D eigenvalue weighted by molar-refractivity contribution is 5.80. The molecule has 1 unspecified atom stereocenters. The van der Waals surface area contributed by atoms with Gasteiger partial charge in [-0.25, -0.2) is 0 Å². The molecule has 108 valence electrons. The zero-order chi connectivity index (χ0) is 14.1. The molecule has 1 aliphatic rings. The second kappa shape index (κ2) is 5.54. The van der Waals surface area contributed by atoms with Gasteiger partial charge in [-0.1, -0.05) is 13.8 Å². The third kappa shape index (κ3) is 2.58. The molecule has 0 saturated carbocycles. The summed E-state index contributed by atoms with van der Waals surface area (Å²) < 4.78 is 7.59. The first-order chi connectivity index (χ1) is 9.65. The first kappa shape index (κ1) is 13.6. The van der Waals surface area contributed by atoms with E-state index in [2.05, 4.69) is 48.0 Å². The number of nitrogens with zero attached hydrogens (tertiary/aromatic N) is 2. The van der Waals surface area contributed by atoms with Crippen molar-refractivity contribution in [2.45, 2.75) is 38.8 Å². The number of pyridine rings is 1. The van der Waals surface area contributed by atoms with Crippen LogP contribution in [0.5, 0.6) is 0 Å². The molecule has 3 heterocycles. The van der Waals surface area contributed by atoms with E-state index < -0.39 is 0 Å². The zero-order valence-corrected chi connectivity index (χ0v) is 12.5. The maximum atomic E-state index is 5.42. The van der Waals surface area contributed by atoms with Crippen molar-refractivity contribution in [3.05, 3.63) is 29.6 Å². The quantitative estimate of drug-likeness (QED) is 0.910. The fourth-order valence-corrected chi connectivity index (χ4v) is 2.61. The highest BCUT2D eigenvalue weighted by atomic mass is 16.5. The predicted octanol–water partition coefficient (Wildman–Crippen LogP) is 2.58. The standard InChI is InChI=1S/C16H23N3O/c1-11(2)12-6-15-16(18-8-12)13(10-19(15)3)7-17-9-14-4-5-20-14/h6,8,10-11,14,17H,4-5,7,9H2,1-3H3. The molecule has 0 amide bonds. The highest BCUT2D eigenvalue weighted by Gasteiger charge is 2.17. The molecule has 1 atom stereocenters. The molecule has 1 saturated heterocycles. The SMILES string of the molecule is CC(C)c1cnc2c(CNCC3CCO3)cn(C)c2c1. The van der Waals surface area contributed by atoms with Crippen molar-refractivity contribution in [2.75, 3.05) is 13.2 Å². The van der Waals surface area contributed by atoms with Crippen LogP contribution in [0, 0.1) is 0 Å². The van der Waals surface area contributed by atoms with Gasteiger partial charge >= 0.3 is 0 Å². The first-order valence-electron chi connectivity index (χ1n) is 7.41. The predicted molar refractivity (Wildman–Crippen MR) is 80.9 cm³/mol. The molecule has 1 N–H and O–H groups in total. The Bertz CT molecular complexity index is 599. The summed E-state index contributed by atoms with van der Waals surface area (Å²) in [6, 6.07) is 2.26. The van der Waals surface area contributed by atoms with Crippen molar-refractivity contribution >= 4 is 11.0 Å². The molecule has 1 aliphatic heterocycles. The molecule has 20 heavy (non-hydrogen) atoms. The van der Waals surface area contributed by atoms with Crippen LogP contribution in [0.4, 0.5) is 0 Å². The highest BCUT2D eigenvalue weighted by Crippen LogP contribution is 2.23. The fourth-order valence-electron chi connectivity index (χ4n) is 2.61. The minimum Gasteiger partial charge on any atom is -0.377 e. The number of fused-ring (bicyclic) bond motifs is 1. The molecule has 2 aromatic heterocycles. The lowest BCUT2D eigenvalue weighted by Crippen LogP contribution is -2.36. The van der Waals surface area contributed by atoms with Crippen LogP contribution in [0.2, 0.25) is 0 Å². The van der Waals surface area contributed by atoms with Gasteiger partial charge in [0.05, 0.1) is 17.1 Å². The normalized spacial score (nSPS) is 18.7. The number of ether oxygens (including phenoxy) is 1. The molecule has 0 aromatic carbocycles. The molecule has 1 fully saturated rings. The molecule has 0 aliphatic carbocycles. The monoisotopic (exact) mass is 273 g/mol. The molecule has 2 aromatic rings. The number of nitrogens with one attached hydrogen (secondary N) is 1. The summed E-state index contributed by atoms with van der Waals surface area (Å²) in [6.45, 7) is 7.10. The molecule has 4 nitrogen and oxygen atoms in total. The van der Waals surface area contributed by atoms with Gasteiger partial charge in [0.1, 0.15) is 0 Å². The van der Waals surface area contributed by atoms with Gasteiger partial charge in [0, 0.05) is 44.7 Å². The third-order valence-electron chi connectivity index (χ3n) is 4.07. The van der Waals surface area contributed by atoms with E-state index in [1.54, 1.807) is 0 Å². The summed E-state index contributed by atoms with van der Waals surface area (Å²) in [4.78, 5) is 4.66. The fraction of sp³-hybridized carbons (Fsp3) is 0.562. The number of hydrogen-bond donors (Lipinski definition) is 1. The maximum absolute atomic E-state index is 5.42. The van der Waals surface area contributed by atoms with E-state index in [1.165, 1.54) is 23.1 Å². The average Bonchev–Trinajstić information content (AvgIpc) is 2.69. The molecule has 0 radical (unpaired) electrons. The van der Waals surface area contributed by atoms with Gasteiger partial charge in [0.25, 0.3) is 0 Å². The number of rotatable bonds is 5. The summed E-state index contributed by atoms with van der Waals surface area (Å²) in [5.41, 5.74) is 4.88. The molecular weight excluding hydrogens is 250 g/mol. The Kier molecular flexibility index (Phi) is 3.76. The average molecular weight is 273 g/mol. The lowest BCUT2D eigenvalue weighted by atomic mass is 10.1. The molecule has 0 bridgehead atoms. The number of hydrogen-bond acceptors (Lipinski definition) is 3. The van der Waals surface area contributed by atoms with Gasteiger partial charge in [-0.15, -0.1) is 0 Å². The van der Waals surface area contributed by atoms with Crippen LogP contribution in [0.1, 0.15) is 37.3 Å². The van der Waals surface area contributed by atoms with E-state index in [0.717, 1.165) is 25.2 Å². The summed E-state index contributed by atoms with van der Waals surface area (Å²) in [7, 11) is 2.09. The van der Waals surface area contributed by atoms with Crippen LogP contribution in [-0.2, 0) is 18.3 Å². The van der Waals surface area contributed by atoms with Crippen LogP contribution in [0.15, 0.2) is 18.5 Å². The number of aromatic nitrogens is 2. The van der Waals surface area contributed by atoms with Crippen LogP contribution in [0.25, 0.3) is 11.0 Å². The molecular formula is C16H23N3O. The van der Waals surface area contributed by atoms with Crippen molar-refractivity contribution < 1.29 is 4.74 Å². The van der Waals surface area contributed by atoms with Crippen molar-refractivity contribution in [2.24, 2.45) is 7.05 Å². The Morgan fingerprint density at radius 1 is 1.50 bits per heavy atom. The van der Waals surface area contributed by atoms with Gasteiger partial charge < -0.3 is 14.6 Å². The van der Waals surface area contributed by atoms with E-state index in [0.29, 0.717) is 12.0 Å². The second-order valence-corrected chi connectivity index (χ2v) is 5.97. The van der Waals surface area contributed by atoms with E-state index in [1.807, 2.05) is 6.20 Å². The Labute approximate surface area is 120 Å². The largest absolute Gasteiger partial charge is 0.377 e. The topological polar surface area (TPSA) is 39.1 Å². The Morgan fingerprint density at radius 3 is 2.95 bits per heavy atom. The van der Waals surface area contributed by atoms with Crippen LogP contribution >= 0.6 is 0 Å². The number of aryl methyl sites for hydroxylation is 1. The second-order valence-electron chi connectivity index (χ2n) is 5.97. The molecule has 0 spiro atoms. The van der Waals surface area contributed by atoms with E-state index in [9.17, 15) is 0 Å². The minimum atomic E-state index is 0.408. The maximum Gasteiger partial charge on any atom is 0.0925 e. The minimum absolute atomic E-state index is 0.408. The Morgan fingerprint density at radius 2 is 2.30 bits per heavy atom. The van der Waals surface area contributed by atoms with Crippen molar-refractivity contribution in [3.8, 4) is 0 Å². The van der Waals surface area contributed by atoms with E-state index >= 15 is 0 Å². The van der Waals surface area contributed by atoms with E-state index in [4.69, 9.17) is 4.74 Å². The van der Waals surface area contributed by atoms with Crippen LogP contribution in [-0.4, -0.2) is 28.8 Å². The summed E-state index contributed by atoms with van der Waals surface area (Å²) in [6.07, 6.45) is 5.77. The van der Waals surface area contributed by atoms with Gasteiger partial charge in [-0.3, -0.25) is 4.98 Å². The Hall–Kier alpha value is -1.39. The van der Waals surface area contributed by atoms with Gasteiger partial charge in [-0.2, -0.15) is 0 Å². The van der Waals surface area contributed by atoms with Gasteiger partial charge in [-0.05, 0) is 24.0 Å². The summed E-state index contributed by atoms with van der Waals surface area (Å²) >= 11 is 0. The van der Waals surface area contributed by atoms with Crippen LogP contribution < -0.4 is 5.32 Å². The summed E-state index contributed by atoms with van der Waals surface area (Å²) in [5.74, 6) is 0.513. The molecule has 4 heteroatoms. The van der Waals surface area contributed by atoms with E-state index in [-0.39, 0.29) is 0 Å². The van der Waals surface area contributed by atoms with Gasteiger partial charge in [0.15, 0.2) is 0 Å². The third-order valence-corrected chi connectivity index (χ3v) is 4.07. The summed E-state index contributed by atoms with van der Waals surface area (Å²) in [5, 5.41) is 3.47.